The number of aromatic hydroxyl groups is 1. The number of hydrogen-bond acceptors (Lipinski definition) is 10. The number of hydrazone groups is 1. The number of ether oxygens (including phenoxy) is 1. The lowest BCUT2D eigenvalue weighted by molar-refractivity contribution is -0.385. The van der Waals surface area contributed by atoms with Crippen molar-refractivity contribution in [3.05, 3.63) is 76.6 Å². The largest absolute Gasteiger partial charge is 0.504 e. The number of rotatable bonds is 12. The van der Waals surface area contributed by atoms with Gasteiger partial charge in [0.2, 0.25) is 0 Å². The van der Waals surface area contributed by atoms with Crippen LogP contribution < -0.4 is 15.5 Å². The predicted molar refractivity (Wildman–Crippen MR) is 132 cm³/mol. The number of nitrogens with one attached hydrogen (secondary N) is 2. The van der Waals surface area contributed by atoms with Crippen molar-refractivity contribution in [2.24, 2.45) is 5.10 Å². The van der Waals surface area contributed by atoms with Gasteiger partial charge in [0, 0.05) is 23.9 Å². The van der Waals surface area contributed by atoms with E-state index < -0.39 is 10.8 Å². The zero-order valence-corrected chi connectivity index (χ0v) is 19.6. The van der Waals surface area contributed by atoms with Crippen LogP contribution in [-0.4, -0.2) is 49.8 Å². The van der Waals surface area contributed by atoms with Gasteiger partial charge in [0.25, 0.3) is 11.6 Å². The number of hydrogen-bond donors (Lipinski definition) is 3. The number of non-ortho nitro benzene ring substituents is 1. The van der Waals surface area contributed by atoms with Crippen LogP contribution in [0, 0.1) is 10.1 Å². The first-order valence-electron chi connectivity index (χ1n) is 10.2. The average molecular weight is 498 g/mol. The van der Waals surface area contributed by atoms with Crippen molar-refractivity contribution in [3.8, 4) is 11.5 Å². The van der Waals surface area contributed by atoms with Gasteiger partial charge >= 0.3 is 0 Å². The Morgan fingerprint density at radius 1 is 1.34 bits per heavy atom. The fraction of sp³-hybridized carbons (Fsp3) is 0.182. The molecule has 35 heavy (non-hydrogen) atoms. The standard InChI is InChI=1S/C22H23N7O5S/c1-3-9-28-19(13-23-16-7-5-4-6-8-16)25-27-22(28)35-14-20(30)26-24-12-15-10-17(29(32)33)11-18(34-2)21(15)31/h3-8,10-12,23,31H,1,9,13-14H2,2H3,(H,26,30)/b24-12+. The summed E-state index contributed by atoms with van der Waals surface area (Å²) in [6.07, 6.45) is 2.81. The fourth-order valence-corrected chi connectivity index (χ4v) is 3.68. The molecule has 0 aliphatic carbocycles. The summed E-state index contributed by atoms with van der Waals surface area (Å²) in [7, 11) is 1.27. The highest BCUT2D eigenvalue weighted by atomic mass is 32.2. The van der Waals surface area contributed by atoms with Crippen molar-refractivity contribution in [3.63, 3.8) is 0 Å². The summed E-state index contributed by atoms with van der Waals surface area (Å²) in [5, 5.41) is 37.1. The molecule has 1 amide bonds. The van der Waals surface area contributed by atoms with E-state index in [1.54, 1.807) is 6.08 Å². The molecular weight excluding hydrogens is 474 g/mol. The molecular formula is C22H23N7O5S. The molecule has 0 bridgehead atoms. The molecule has 0 saturated heterocycles. The van der Waals surface area contributed by atoms with Gasteiger partial charge in [-0.05, 0) is 12.1 Å². The highest BCUT2D eigenvalue weighted by Crippen LogP contribution is 2.33. The lowest BCUT2D eigenvalue weighted by atomic mass is 10.2. The van der Waals surface area contributed by atoms with Gasteiger partial charge < -0.3 is 19.7 Å². The van der Waals surface area contributed by atoms with E-state index in [2.05, 4.69) is 32.6 Å². The number of phenols is 1. The molecule has 0 fully saturated rings. The van der Waals surface area contributed by atoms with Crippen LogP contribution in [0.25, 0.3) is 0 Å². The Morgan fingerprint density at radius 2 is 2.11 bits per heavy atom. The van der Waals surface area contributed by atoms with E-state index >= 15 is 0 Å². The average Bonchev–Trinajstić information content (AvgIpc) is 3.24. The maximum atomic E-state index is 12.2. The molecule has 182 valence electrons. The first-order chi connectivity index (χ1) is 16.9. The zero-order valence-electron chi connectivity index (χ0n) is 18.7. The van der Waals surface area contributed by atoms with Gasteiger partial charge in [0.05, 0.1) is 36.6 Å². The summed E-state index contributed by atoms with van der Waals surface area (Å²) in [6, 6.07) is 11.9. The Morgan fingerprint density at radius 3 is 2.80 bits per heavy atom. The van der Waals surface area contributed by atoms with Crippen molar-refractivity contribution >= 4 is 35.3 Å². The number of para-hydroxylation sites is 1. The second-order valence-corrected chi connectivity index (χ2v) is 7.88. The summed E-state index contributed by atoms with van der Waals surface area (Å²) in [5.41, 5.74) is 2.99. The number of aromatic nitrogens is 3. The SMILES string of the molecule is C=CCn1c(CNc2ccccc2)nnc1SCC(=O)N/N=C/c1cc([N+](=O)[O-])cc(OC)c1O. The van der Waals surface area contributed by atoms with Crippen LogP contribution in [0.1, 0.15) is 11.4 Å². The van der Waals surface area contributed by atoms with E-state index in [0.29, 0.717) is 24.1 Å². The number of carbonyl (C=O) groups is 1. The molecule has 0 atom stereocenters. The van der Waals surface area contributed by atoms with E-state index in [1.165, 1.54) is 18.9 Å². The van der Waals surface area contributed by atoms with E-state index in [1.807, 2.05) is 34.9 Å². The Labute approximate surface area is 204 Å². The van der Waals surface area contributed by atoms with Crippen molar-refractivity contribution in [2.75, 3.05) is 18.2 Å². The number of thioether (sulfide) groups is 1. The maximum absolute atomic E-state index is 12.2. The molecule has 0 radical (unpaired) electrons. The van der Waals surface area contributed by atoms with Crippen LogP contribution in [0.4, 0.5) is 11.4 Å². The Bertz CT molecular complexity index is 1230. The number of methoxy groups -OCH3 is 1. The van der Waals surface area contributed by atoms with Crippen molar-refractivity contribution < 1.29 is 19.6 Å². The molecule has 0 aliphatic rings. The molecule has 3 rings (SSSR count). The molecule has 12 nitrogen and oxygen atoms in total. The van der Waals surface area contributed by atoms with Crippen LogP contribution in [0.15, 0.2) is 65.4 Å². The van der Waals surface area contributed by atoms with Crippen LogP contribution in [0.3, 0.4) is 0 Å². The smallest absolute Gasteiger partial charge is 0.274 e. The van der Waals surface area contributed by atoms with E-state index in [0.717, 1.165) is 24.0 Å². The third-order valence-electron chi connectivity index (χ3n) is 4.57. The lowest BCUT2D eigenvalue weighted by Crippen LogP contribution is -2.20. The van der Waals surface area contributed by atoms with Gasteiger partial charge in [-0.1, -0.05) is 36.0 Å². The van der Waals surface area contributed by atoms with E-state index in [-0.39, 0.29) is 28.5 Å². The number of allylic oxidation sites excluding steroid dienone is 1. The Hall–Kier alpha value is -4.39. The van der Waals surface area contributed by atoms with Crippen LogP contribution in [0.2, 0.25) is 0 Å². The normalized spacial score (nSPS) is 10.8. The summed E-state index contributed by atoms with van der Waals surface area (Å²) in [5.74, 6) is -0.186. The molecule has 3 aromatic rings. The number of carbonyl (C=O) groups excluding carboxylic acids is 1. The molecule has 0 unspecified atom stereocenters. The van der Waals surface area contributed by atoms with Gasteiger partial charge in [0.1, 0.15) is 0 Å². The molecule has 1 heterocycles. The lowest BCUT2D eigenvalue weighted by Gasteiger charge is -2.09. The predicted octanol–water partition coefficient (Wildman–Crippen LogP) is 2.94. The van der Waals surface area contributed by atoms with Crippen molar-refractivity contribution in [2.45, 2.75) is 18.2 Å². The molecule has 1 aromatic heterocycles. The number of phenolic OH excluding ortho intramolecular Hbond substituents is 1. The highest BCUT2D eigenvalue weighted by Gasteiger charge is 2.16. The van der Waals surface area contributed by atoms with Gasteiger partial charge in [-0.2, -0.15) is 5.10 Å². The van der Waals surface area contributed by atoms with Gasteiger partial charge in [-0.25, -0.2) is 5.43 Å². The van der Waals surface area contributed by atoms with Crippen LogP contribution in [-0.2, 0) is 17.9 Å². The van der Waals surface area contributed by atoms with E-state index in [9.17, 15) is 20.0 Å². The Kier molecular flexibility index (Phi) is 8.78. The number of benzene rings is 2. The van der Waals surface area contributed by atoms with Gasteiger partial charge in [-0.3, -0.25) is 14.9 Å². The second kappa shape index (κ2) is 12.2. The summed E-state index contributed by atoms with van der Waals surface area (Å²) in [4.78, 5) is 22.7. The monoisotopic (exact) mass is 497 g/mol. The highest BCUT2D eigenvalue weighted by molar-refractivity contribution is 7.99. The summed E-state index contributed by atoms with van der Waals surface area (Å²) >= 11 is 1.17. The topological polar surface area (TPSA) is 157 Å². The number of nitro groups is 1. The molecule has 2 aromatic carbocycles. The van der Waals surface area contributed by atoms with Crippen molar-refractivity contribution in [1.29, 1.82) is 0 Å². The Balaban J connectivity index is 1.60. The quantitative estimate of drug-likeness (QED) is 0.112. The molecule has 3 N–H and O–H groups in total. The number of nitrogens with zero attached hydrogens (tertiary/aromatic N) is 5. The fourth-order valence-electron chi connectivity index (χ4n) is 2.92. The minimum absolute atomic E-state index is 0.0109. The molecule has 0 aliphatic heterocycles. The second-order valence-electron chi connectivity index (χ2n) is 6.94. The first kappa shape index (κ1) is 25.2. The minimum Gasteiger partial charge on any atom is -0.504 e. The van der Waals surface area contributed by atoms with E-state index in [4.69, 9.17) is 4.74 Å². The van der Waals surface area contributed by atoms with Crippen molar-refractivity contribution in [1.82, 2.24) is 20.2 Å². The first-order valence-corrected chi connectivity index (χ1v) is 11.2. The van der Waals surface area contributed by atoms with Gasteiger partial charge in [-0.15, -0.1) is 16.8 Å². The summed E-state index contributed by atoms with van der Waals surface area (Å²) in [6.45, 7) is 4.67. The summed E-state index contributed by atoms with van der Waals surface area (Å²) < 4.78 is 6.78. The van der Waals surface area contributed by atoms with Crippen LogP contribution >= 0.6 is 11.8 Å². The molecule has 0 spiro atoms. The third kappa shape index (κ3) is 6.80. The number of amides is 1. The molecule has 13 heteroatoms. The molecule has 0 saturated carbocycles. The van der Waals surface area contributed by atoms with Crippen LogP contribution in [0.5, 0.6) is 11.5 Å². The number of anilines is 1. The number of nitro benzene ring substituents is 1. The minimum atomic E-state index is -0.627. The van der Waals surface area contributed by atoms with Gasteiger partial charge in [0.15, 0.2) is 22.5 Å². The zero-order chi connectivity index (χ0) is 25.2. The maximum Gasteiger partial charge on any atom is 0.274 e. The third-order valence-corrected chi connectivity index (χ3v) is 5.54.